The normalized spacial score (nSPS) is 14.2. The molecule has 1 aliphatic heterocycles. The van der Waals surface area contributed by atoms with Crippen molar-refractivity contribution in [1.29, 1.82) is 0 Å². The molecule has 39 heavy (non-hydrogen) atoms. The number of anilines is 5. The molecule has 2 aromatic heterocycles. The van der Waals surface area contributed by atoms with Crippen molar-refractivity contribution in [3.8, 4) is 5.75 Å². The Bertz CT molecular complexity index is 1430. The molecule has 0 unspecified atom stereocenters. The summed E-state index contributed by atoms with van der Waals surface area (Å²) in [6.45, 7) is 6.11. The highest BCUT2D eigenvalue weighted by atomic mass is 35.5. The lowest BCUT2D eigenvalue weighted by atomic mass is 10.2. The summed E-state index contributed by atoms with van der Waals surface area (Å²) in [6, 6.07) is 8.34. The Morgan fingerprint density at radius 2 is 1.92 bits per heavy atom. The van der Waals surface area contributed by atoms with Gasteiger partial charge in [0.1, 0.15) is 10.8 Å². The lowest BCUT2D eigenvalue weighted by Gasteiger charge is -2.25. The minimum atomic E-state index is -3.66. The van der Waals surface area contributed by atoms with E-state index in [4.69, 9.17) is 21.1 Å². The fourth-order valence-electron chi connectivity index (χ4n) is 3.73. The van der Waals surface area contributed by atoms with Crippen molar-refractivity contribution in [2.45, 2.75) is 24.1 Å². The van der Waals surface area contributed by atoms with Crippen LogP contribution >= 0.6 is 11.6 Å². The van der Waals surface area contributed by atoms with Crippen molar-refractivity contribution in [3.05, 3.63) is 47.7 Å². The number of nitrogens with one attached hydrogen (secondary N) is 3. The number of hydrogen-bond acceptors (Lipinski definition) is 11. The van der Waals surface area contributed by atoms with Crippen LogP contribution in [-0.4, -0.2) is 79.4 Å². The van der Waals surface area contributed by atoms with E-state index < -0.39 is 15.1 Å². The van der Waals surface area contributed by atoms with Gasteiger partial charge in [0, 0.05) is 31.0 Å². The number of amides is 1. The highest BCUT2D eigenvalue weighted by Gasteiger charge is 2.25. The third-order valence-electron chi connectivity index (χ3n) is 5.86. The van der Waals surface area contributed by atoms with Crippen LogP contribution in [0.1, 0.15) is 13.8 Å². The molecule has 0 radical (unpaired) electrons. The molecule has 208 valence electrons. The van der Waals surface area contributed by atoms with E-state index in [0.29, 0.717) is 43.4 Å². The molecule has 1 saturated heterocycles. The van der Waals surface area contributed by atoms with E-state index in [-0.39, 0.29) is 40.0 Å². The monoisotopic (exact) mass is 575 g/mol. The molecule has 4 rings (SSSR count). The van der Waals surface area contributed by atoms with Crippen molar-refractivity contribution in [2.24, 2.45) is 0 Å². The molecule has 1 fully saturated rings. The average molecular weight is 576 g/mol. The third kappa shape index (κ3) is 7.12. The zero-order valence-corrected chi connectivity index (χ0v) is 23.3. The summed E-state index contributed by atoms with van der Waals surface area (Å²) in [6.07, 6.45) is 2.80. The first kappa shape index (κ1) is 28.5. The number of pyridine rings is 1. The second-order valence-electron chi connectivity index (χ2n) is 8.94. The van der Waals surface area contributed by atoms with Gasteiger partial charge in [-0.15, -0.1) is 0 Å². The van der Waals surface area contributed by atoms with Crippen molar-refractivity contribution in [1.82, 2.24) is 19.9 Å². The lowest BCUT2D eigenvalue weighted by molar-refractivity contribution is -0.118. The van der Waals surface area contributed by atoms with E-state index >= 15 is 0 Å². The van der Waals surface area contributed by atoms with Crippen LogP contribution < -0.4 is 20.7 Å². The zero-order valence-electron chi connectivity index (χ0n) is 21.8. The first-order valence-corrected chi connectivity index (χ1v) is 14.1. The van der Waals surface area contributed by atoms with Gasteiger partial charge < -0.3 is 25.4 Å². The molecule has 1 aliphatic rings. The van der Waals surface area contributed by atoms with Crippen molar-refractivity contribution in [2.75, 3.05) is 55.9 Å². The number of carbonyl (C=O) groups is 1. The Labute approximate surface area is 232 Å². The number of rotatable bonds is 10. The second kappa shape index (κ2) is 12.6. The maximum Gasteiger partial charge on any atom is 0.238 e. The first-order valence-electron chi connectivity index (χ1n) is 12.2. The van der Waals surface area contributed by atoms with E-state index in [1.54, 1.807) is 44.2 Å². The molecule has 3 N–H and O–H groups in total. The molecule has 14 heteroatoms. The predicted molar refractivity (Wildman–Crippen MR) is 149 cm³/mol. The summed E-state index contributed by atoms with van der Waals surface area (Å²) in [4.78, 5) is 27.2. The van der Waals surface area contributed by atoms with E-state index in [1.165, 1.54) is 19.5 Å². The quantitative estimate of drug-likeness (QED) is 0.326. The summed E-state index contributed by atoms with van der Waals surface area (Å²) in [5.41, 5.74) is 1.36. The Morgan fingerprint density at radius 3 is 2.64 bits per heavy atom. The van der Waals surface area contributed by atoms with Gasteiger partial charge in [0.25, 0.3) is 0 Å². The Balaban J connectivity index is 1.50. The molecule has 0 saturated carbocycles. The SMILES string of the molecule is COc1cc(NC(=O)CN2CCOCC2)ccc1Nc1ncc(Cl)c(Nc2cccnc2S(=O)(=O)C(C)C)n1. The van der Waals surface area contributed by atoms with Crippen LogP contribution in [0.2, 0.25) is 5.02 Å². The van der Waals surface area contributed by atoms with E-state index in [0.717, 1.165) is 0 Å². The Morgan fingerprint density at radius 1 is 1.15 bits per heavy atom. The van der Waals surface area contributed by atoms with Gasteiger partial charge in [0.05, 0.1) is 49.7 Å². The Hall–Kier alpha value is -3.52. The van der Waals surface area contributed by atoms with Crippen LogP contribution in [0.5, 0.6) is 5.75 Å². The second-order valence-corrected chi connectivity index (χ2v) is 11.8. The molecule has 0 bridgehead atoms. The van der Waals surface area contributed by atoms with Gasteiger partial charge in [-0.3, -0.25) is 9.69 Å². The van der Waals surface area contributed by atoms with Gasteiger partial charge in [-0.25, -0.2) is 18.4 Å². The smallest absolute Gasteiger partial charge is 0.238 e. The number of halogens is 1. The number of hydrogen-bond donors (Lipinski definition) is 3. The van der Waals surface area contributed by atoms with Gasteiger partial charge in [0.15, 0.2) is 20.7 Å². The number of aromatic nitrogens is 3. The molecule has 0 spiro atoms. The van der Waals surface area contributed by atoms with Crippen LogP contribution in [0.3, 0.4) is 0 Å². The van der Waals surface area contributed by atoms with Gasteiger partial charge in [-0.2, -0.15) is 4.98 Å². The van der Waals surface area contributed by atoms with Crippen molar-refractivity contribution in [3.63, 3.8) is 0 Å². The molecule has 3 heterocycles. The number of morpholine rings is 1. The van der Waals surface area contributed by atoms with Crippen LogP contribution in [0.15, 0.2) is 47.8 Å². The third-order valence-corrected chi connectivity index (χ3v) is 8.24. The van der Waals surface area contributed by atoms with Gasteiger partial charge in [-0.1, -0.05) is 11.6 Å². The van der Waals surface area contributed by atoms with E-state index in [2.05, 4.69) is 30.9 Å². The van der Waals surface area contributed by atoms with Crippen molar-refractivity contribution < 1.29 is 22.7 Å². The zero-order chi connectivity index (χ0) is 28.0. The molecule has 1 amide bonds. The van der Waals surface area contributed by atoms with E-state index in [9.17, 15) is 13.2 Å². The maximum atomic E-state index is 12.8. The molecule has 12 nitrogen and oxygen atoms in total. The summed E-state index contributed by atoms with van der Waals surface area (Å²) in [5, 5.41) is 8.34. The fourth-order valence-corrected chi connectivity index (χ4v) is 4.95. The van der Waals surface area contributed by atoms with Crippen LogP contribution in [0, 0.1) is 0 Å². The molecule has 3 aromatic rings. The lowest BCUT2D eigenvalue weighted by Crippen LogP contribution is -2.41. The molecule has 0 aliphatic carbocycles. The molecular formula is C25H30ClN7O5S. The van der Waals surface area contributed by atoms with Crippen LogP contribution in [-0.2, 0) is 19.4 Å². The number of carbonyl (C=O) groups excluding carboxylic acids is 1. The van der Waals surface area contributed by atoms with Gasteiger partial charge in [0.2, 0.25) is 11.9 Å². The first-order chi connectivity index (χ1) is 18.7. The maximum absolute atomic E-state index is 12.8. The minimum absolute atomic E-state index is 0.0999. The molecular weight excluding hydrogens is 546 g/mol. The summed E-state index contributed by atoms with van der Waals surface area (Å²) in [5.74, 6) is 0.685. The predicted octanol–water partition coefficient (Wildman–Crippen LogP) is 3.47. The largest absolute Gasteiger partial charge is 0.494 e. The number of ether oxygens (including phenoxy) is 2. The number of sulfone groups is 1. The summed E-state index contributed by atoms with van der Waals surface area (Å²) < 4.78 is 36.4. The van der Waals surface area contributed by atoms with Crippen molar-refractivity contribution >= 4 is 56.2 Å². The Kier molecular flexibility index (Phi) is 9.17. The van der Waals surface area contributed by atoms with Gasteiger partial charge in [-0.05, 0) is 38.1 Å². The summed E-state index contributed by atoms with van der Waals surface area (Å²) >= 11 is 6.32. The topological polar surface area (TPSA) is 148 Å². The standard InChI is InChI=1S/C25H30ClN7O5S/c1-16(2)39(35,36)24-20(5-4-8-27-24)30-23-18(26)14-28-25(32-23)31-19-7-6-17(13-21(19)37-3)29-22(34)15-33-9-11-38-12-10-33/h4-8,13-14,16H,9-12,15H2,1-3H3,(H,29,34)(H2,28,30,31,32). The molecule has 1 aromatic carbocycles. The highest BCUT2D eigenvalue weighted by Crippen LogP contribution is 2.32. The number of nitrogens with zero attached hydrogens (tertiary/aromatic N) is 4. The van der Waals surface area contributed by atoms with Gasteiger partial charge >= 0.3 is 0 Å². The average Bonchev–Trinajstić information content (AvgIpc) is 2.92. The van der Waals surface area contributed by atoms with Crippen LogP contribution in [0.4, 0.5) is 28.8 Å². The highest BCUT2D eigenvalue weighted by molar-refractivity contribution is 7.92. The number of benzene rings is 1. The fraction of sp³-hybridized carbons (Fsp3) is 0.360. The van der Waals surface area contributed by atoms with Crippen LogP contribution in [0.25, 0.3) is 0 Å². The molecule has 0 atom stereocenters. The number of methoxy groups -OCH3 is 1. The summed E-state index contributed by atoms with van der Waals surface area (Å²) in [7, 11) is -2.15. The van der Waals surface area contributed by atoms with E-state index in [1.807, 2.05) is 4.90 Å². The minimum Gasteiger partial charge on any atom is -0.494 e.